The summed E-state index contributed by atoms with van der Waals surface area (Å²) >= 11 is 1.14. The molecule has 0 saturated heterocycles. The van der Waals surface area contributed by atoms with E-state index in [0.717, 1.165) is 28.5 Å². The summed E-state index contributed by atoms with van der Waals surface area (Å²) in [5.74, 6) is 0.561. The van der Waals surface area contributed by atoms with E-state index < -0.39 is 0 Å². The predicted molar refractivity (Wildman–Crippen MR) is 54.4 cm³/mol. The monoisotopic (exact) mass is 207 g/mol. The number of nitrogens with zero attached hydrogens (tertiary/aromatic N) is 3. The van der Waals surface area contributed by atoms with E-state index in [1.165, 1.54) is 0 Å². The lowest BCUT2D eigenvalue weighted by molar-refractivity contribution is 0.403. The van der Waals surface area contributed by atoms with Crippen molar-refractivity contribution in [2.75, 3.05) is 7.11 Å². The fourth-order valence-corrected chi connectivity index (χ4v) is 1.72. The molecule has 0 aliphatic carbocycles. The lowest BCUT2D eigenvalue weighted by Gasteiger charge is -2.01. The van der Waals surface area contributed by atoms with Crippen molar-refractivity contribution in [1.29, 1.82) is 0 Å². The predicted octanol–water partition coefficient (Wildman–Crippen LogP) is 1.92. The van der Waals surface area contributed by atoms with Gasteiger partial charge in [0.1, 0.15) is 5.69 Å². The summed E-state index contributed by atoms with van der Waals surface area (Å²) in [5.41, 5.74) is 2.85. The van der Waals surface area contributed by atoms with Gasteiger partial charge >= 0.3 is 0 Å². The van der Waals surface area contributed by atoms with Gasteiger partial charge in [0, 0.05) is 18.0 Å². The van der Waals surface area contributed by atoms with Gasteiger partial charge in [-0.05, 0) is 18.6 Å². The molecule has 0 spiro atoms. The minimum Gasteiger partial charge on any atom is -0.479 e. The Labute approximate surface area is 85.9 Å². The van der Waals surface area contributed by atoms with E-state index in [1.807, 2.05) is 13.0 Å². The summed E-state index contributed by atoms with van der Waals surface area (Å²) < 4.78 is 13.3. The summed E-state index contributed by atoms with van der Waals surface area (Å²) in [4.78, 5) is 4.06. The SMILES string of the molecule is COc1nsnc1-c1cnccc1C. The van der Waals surface area contributed by atoms with Gasteiger partial charge in [-0.1, -0.05) is 0 Å². The van der Waals surface area contributed by atoms with Gasteiger partial charge in [0.2, 0.25) is 0 Å². The van der Waals surface area contributed by atoms with Crippen LogP contribution in [0.25, 0.3) is 11.3 Å². The number of rotatable bonds is 2. The van der Waals surface area contributed by atoms with Crippen LogP contribution in [0.2, 0.25) is 0 Å². The molecule has 0 radical (unpaired) electrons. The van der Waals surface area contributed by atoms with Crippen LogP contribution in [-0.2, 0) is 0 Å². The molecule has 2 aromatic heterocycles. The molecule has 0 fully saturated rings. The van der Waals surface area contributed by atoms with Crippen LogP contribution in [0.4, 0.5) is 0 Å². The van der Waals surface area contributed by atoms with Crippen LogP contribution in [0, 0.1) is 6.92 Å². The third-order valence-electron chi connectivity index (χ3n) is 1.95. The highest BCUT2D eigenvalue weighted by atomic mass is 32.1. The summed E-state index contributed by atoms with van der Waals surface area (Å²) in [7, 11) is 1.59. The van der Waals surface area contributed by atoms with Crippen molar-refractivity contribution in [3.05, 3.63) is 24.0 Å². The smallest absolute Gasteiger partial charge is 0.253 e. The molecule has 0 bridgehead atoms. The Balaban J connectivity index is 2.54. The van der Waals surface area contributed by atoms with Crippen LogP contribution >= 0.6 is 11.7 Å². The van der Waals surface area contributed by atoms with Crippen LogP contribution in [-0.4, -0.2) is 20.8 Å². The largest absolute Gasteiger partial charge is 0.479 e. The average molecular weight is 207 g/mol. The fraction of sp³-hybridized carbons (Fsp3) is 0.222. The van der Waals surface area contributed by atoms with Gasteiger partial charge in [-0.15, -0.1) is 4.37 Å². The molecule has 0 saturated carbocycles. The number of pyridine rings is 1. The Morgan fingerprint density at radius 1 is 1.36 bits per heavy atom. The molecule has 0 aliphatic rings. The first kappa shape index (κ1) is 9.08. The number of aryl methyl sites for hydroxylation is 1. The molecule has 4 nitrogen and oxygen atoms in total. The number of methoxy groups -OCH3 is 1. The first-order valence-electron chi connectivity index (χ1n) is 4.10. The van der Waals surface area contributed by atoms with E-state index in [0.29, 0.717) is 5.88 Å². The summed E-state index contributed by atoms with van der Waals surface area (Å²) in [6, 6.07) is 1.94. The molecule has 14 heavy (non-hydrogen) atoms. The van der Waals surface area contributed by atoms with Gasteiger partial charge in [-0.2, -0.15) is 4.37 Å². The fourth-order valence-electron chi connectivity index (χ4n) is 1.19. The van der Waals surface area contributed by atoms with Crippen LogP contribution in [0.1, 0.15) is 5.56 Å². The second kappa shape index (κ2) is 3.71. The molecule has 5 heteroatoms. The topological polar surface area (TPSA) is 47.9 Å². The molecule has 2 heterocycles. The van der Waals surface area contributed by atoms with Crippen molar-refractivity contribution < 1.29 is 4.74 Å². The van der Waals surface area contributed by atoms with Crippen molar-refractivity contribution in [1.82, 2.24) is 13.7 Å². The summed E-state index contributed by atoms with van der Waals surface area (Å²) in [6.45, 7) is 2.01. The first-order valence-corrected chi connectivity index (χ1v) is 4.83. The summed E-state index contributed by atoms with van der Waals surface area (Å²) in [5, 5.41) is 0. The normalized spacial score (nSPS) is 10.1. The second-order valence-corrected chi connectivity index (χ2v) is 3.34. The van der Waals surface area contributed by atoms with Gasteiger partial charge in [0.25, 0.3) is 5.88 Å². The number of aromatic nitrogens is 3. The van der Waals surface area contributed by atoms with Gasteiger partial charge in [-0.3, -0.25) is 4.98 Å². The van der Waals surface area contributed by atoms with E-state index in [9.17, 15) is 0 Å². The van der Waals surface area contributed by atoms with Gasteiger partial charge < -0.3 is 4.74 Å². The molecular formula is C9H9N3OS. The van der Waals surface area contributed by atoms with Crippen molar-refractivity contribution in [3.63, 3.8) is 0 Å². The third-order valence-corrected chi connectivity index (χ3v) is 2.46. The molecule has 0 atom stereocenters. The zero-order valence-electron chi connectivity index (χ0n) is 7.89. The minimum absolute atomic E-state index is 0.561. The maximum absolute atomic E-state index is 5.10. The van der Waals surface area contributed by atoms with Gasteiger partial charge in [-0.25, -0.2) is 0 Å². The maximum atomic E-state index is 5.10. The Morgan fingerprint density at radius 3 is 2.93 bits per heavy atom. The average Bonchev–Trinajstić information content (AvgIpc) is 2.66. The lowest BCUT2D eigenvalue weighted by atomic mass is 10.1. The van der Waals surface area contributed by atoms with Crippen molar-refractivity contribution in [2.24, 2.45) is 0 Å². The van der Waals surface area contributed by atoms with Crippen molar-refractivity contribution in [3.8, 4) is 17.1 Å². The highest BCUT2D eigenvalue weighted by molar-refractivity contribution is 6.99. The third kappa shape index (κ3) is 1.46. The Hall–Kier alpha value is -1.49. The molecule has 0 aliphatic heterocycles. The van der Waals surface area contributed by atoms with E-state index >= 15 is 0 Å². The summed E-state index contributed by atoms with van der Waals surface area (Å²) in [6.07, 6.45) is 3.53. The van der Waals surface area contributed by atoms with Crippen molar-refractivity contribution in [2.45, 2.75) is 6.92 Å². The quantitative estimate of drug-likeness (QED) is 0.754. The van der Waals surface area contributed by atoms with Crippen molar-refractivity contribution >= 4 is 11.7 Å². The van der Waals surface area contributed by atoms with E-state index in [-0.39, 0.29) is 0 Å². The second-order valence-electron chi connectivity index (χ2n) is 2.81. The zero-order chi connectivity index (χ0) is 9.97. The molecule has 0 N–H and O–H groups in total. The Bertz CT molecular complexity index is 441. The van der Waals surface area contributed by atoms with Gasteiger partial charge in [0.05, 0.1) is 18.8 Å². The highest BCUT2D eigenvalue weighted by Gasteiger charge is 2.12. The molecular weight excluding hydrogens is 198 g/mol. The van der Waals surface area contributed by atoms with E-state index in [1.54, 1.807) is 19.5 Å². The molecule has 2 rings (SSSR count). The molecule has 72 valence electrons. The standard InChI is InChI=1S/C9H9N3OS/c1-6-3-4-10-5-7(6)8-9(13-2)12-14-11-8/h3-5H,1-2H3. The Morgan fingerprint density at radius 2 is 2.21 bits per heavy atom. The maximum Gasteiger partial charge on any atom is 0.253 e. The Kier molecular flexibility index (Phi) is 2.41. The lowest BCUT2D eigenvalue weighted by Crippen LogP contribution is -1.89. The van der Waals surface area contributed by atoms with Gasteiger partial charge in [0.15, 0.2) is 0 Å². The number of hydrogen-bond acceptors (Lipinski definition) is 5. The zero-order valence-corrected chi connectivity index (χ0v) is 8.71. The van der Waals surface area contributed by atoms with E-state index in [4.69, 9.17) is 4.74 Å². The minimum atomic E-state index is 0.561. The first-order chi connectivity index (χ1) is 6.83. The molecule has 0 aromatic carbocycles. The van der Waals surface area contributed by atoms with Crippen LogP contribution in [0.15, 0.2) is 18.5 Å². The number of ether oxygens (including phenoxy) is 1. The number of hydrogen-bond donors (Lipinski definition) is 0. The van der Waals surface area contributed by atoms with Crippen LogP contribution in [0.3, 0.4) is 0 Å². The highest BCUT2D eigenvalue weighted by Crippen LogP contribution is 2.28. The van der Waals surface area contributed by atoms with Crippen LogP contribution in [0.5, 0.6) is 5.88 Å². The molecule has 2 aromatic rings. The molecule has 0 amide bonds. The molecule has 0 unspecified atom stereocenters. The van der Waals surface area contributed by atoms with E-state index in [2.05, 4.69) is 13.7 Å². The van der Waals surface area contributed by atoms with Crippen LogP contribution < -0.4 is 4.74 Å².